The van der Waals surface area contributed by atoms with Gasteiger partial charge in [0.1, 0.15) is 0 Å². The summed E-state index contributed by atoms with van der Waals surface area (Å²) in [6, 6.07) is 4.39. The molecule has 1 fully saturated rings. The van der Waals surface area contributed by atoms with E-state index in [-0.39, 0.29) is 5.91 Å². The number of carbonyl (C=O) groups is 1. The maximum absolute atomic E-state index is 12.9. The lowest BCUT2D eigenvalue weighted by Gasteiger charge is -2.33. The summed E-state index contributed by atoms with van der Waals surface area (Å²) in [5, 5.41) is 7.38. The summed E-state index contributed by atoms with van der Waals surface area (Å²) in [7, 11) is 0. The van der Waals surface area contributed by atoms with E-state index in [1.807, 2.05) is 24.0 Å². The molecule has 0 spiro atoms. The first-order valence-corrected chi connectivity index (χ1v) is 9.53. The molecule has 4 heterocycles. The molecule has 0 unspecified atom stereocenters. The van der Waals surface area contributed by atoms with Crippen molar-refractivity contribution in [1.82, 2.24) is 25.1 Å². The maximum Gasteiger partial charge on any atom is 0.300 e. The van der Waals surface area contributed by atoms with Gasteiger partial charge in [-0.3, -0.25) is 9.89 Å². The standard InChI is InChI=1S/C19H22N6O2/c1-12-6-7-15-17(20-12)21-19(27-15)25-10-8-24(9-11-25)18(26)16-13-4-2-3-5-14(13)22-23-16/h6-7H,2-5,8-11H2,1H3,(H,22,23). The van der Waals surface area contributed by atoms with Gasteiger partial charge in [-0.1, -0.05) is 0 Å². The molecule has 8 nitrogen and oxygen atoms in total. The Hall–Kier alpha value is -2.90. The average Bonchev–Trinajstić information content (AvgIpc) is 3.31. The second-order valence-corrected chi connectivity index (χ2v) is 7.29. The van der Waals surface area contributed by atoms with E-state index in [1.165, 1.54) is 6.42 Å². The first-order chi connectivity index (χ1) is 13.2. The van der Waals surface area contributed by atoms with Crippen LogP contribution < -0.4 is 4.90 Å². The summed E-state index contributed by atoms with van der Waals surface area (Å²) in [5.74, 6) is 0.0314. The fourth-order valence-corrected chi connectivity index (χ4v) is 3.95. The molecular formula is C19H22N6O2. The lowest BCUT2D eigenvalue weighted by molar-refractivity contribution is 0.0738. The number of hydrogen-bond acceptors (Lipinski definition) is 6. The van der Waals surface area contributed by atoms with Crippen LogP contribution in [0, 0.1) is 6.92 Å². The van der Waals surface area contributed by atoms with Crippen molar-refractivity contribution in [2.75, 3.05) is 31.1 Å². The number of aromatic nitrogens is 4. The Morgan fingerprint density at radius 2 is 1.93 bits per heavy atom. The predicted molar refractivity (Wildman–Crippen MR) is 99.9 cm³/mol. The number of oxazole rings is 1. The normalized spacial score (nSPS) is 17.4. The fraction of sp³-hybridized carbons (Fsp3) is 0.474. The van der Waals surface area contributed by atoms with Gasteiger partial charge in [0.2, 0.25) is 5.65 Å². The number of hydrogen-bond donors (Lipinski definition) is 1. The van der Waals surface area contributed by atoms with Gasteiger partial charge in [-0.2, -0.15) is 10.1 Å². The van der Waals surface area contributed by atoms with Gasteiger partial charge in [-0.05, 0) is 44.7 Å². The summed E-state index contributed by atoms with van der Waals surface area (Å²) >= 11 is 0. The highest BCUT2D eigenvalue weighted by Gasteiger charge is 2.29. The molecule has 3 aromatic heterocycles. The Morgan fingerprint density at radius 1 is 1.11 bits per heavy atom. The summed E-state index contributed by atoms with van der Waals surface area (Å²) in [6.45, 7) is 4.57. The first-order valence-electron chi connectivity index (χ1n) is 9.53. The number of piperazine rings is 1. The van der Waals surface area contributed by atoms with Gasteiger partial charge in [-0.15, -0.1) is 0 Å². The van der Waals surface area contributed by atoms with E-state index in [1.54, 1.807) is 0 Å². The largest absolute Gasteiger partial charge is 0.422 e. The Bertz CT molecular complexity index is 999. The van der Waals surface area contributed by atoms with Gasteiger partial charge in [0.15, 0.2) is 11.3 Å². The Morgan fingerprint density at radius 3 is 2.78 bits per heavy atom. The van der Waals surface area contributed by atoms with E-state index in [2.05, 4.69) is 25.1 Å². The lowest BCUT2D eigenvalue weighted by Crippen LogP contribution is -2.49. The van der Waals surface area contributed by atoms with Crippen LogP contribution in [0.5, 0.6) is 0 Å². The molecule has 1 saturated heterocycles. The van der Waals surface area contributed by atoms with Gasteiger partial charge in [0, 0.05) is 43.1 Å². The Labute approximate surface area is 156 Å². The number of amides is 1. The third kappa shape index (κ3) is 2.85. The van der Waals surface area contributed by atoms with Crippen molar-refractivity contribution < 1.29 is 9.21 Å². The number of aromatic amines is 1. The summed E-state index contributed by atoms with van der Waals surface area (Å²) in [6.07, 6.45) is 4.24. The summed E-state index contributed by atoms with van der Waals surface area (Å²) < 4.78 is 5.84. The highest BCUT2D eigenvalue weighted by molar-refractivity contribution is 5.94. The Kier molecular flexibility index (Phi) is 3.84. The van der Waals surface area contributed by atoms with Gasteiger partial charge in [0.25, 0.3) is 11.9 Å². The maximum atomic E-state index is 12.9. The van der Waals surface area contributed by atoms with Crippen LogP contribution in [0.1, 0.15) is 40.3 Å². The third-order valence-electron chi connectivity index (χ3n) is 5.48. The highest BCUT2D eigenvalue weighted by atomic mass is 16.4. The molecule has 0 radical (unpaired) electrons. The SMILES string of the molecule is Cc1ccc2oc(N3CCN(C(=O)c4n[nH]c5c4CCCC5)CC3)nc2n1. The average molecular weight is 366 g/mol. The molecule has 1 amide bonds. The van der Waals surface area contributed by atoms with Crippen LogP contribution in [0.25, 0.3) is 11.2 Å². The Balaban J connectivity index is 1.29. The van der Waals surface area contributed by atoms with E-state index in [4.69, 9.17) is 4.42 Å². The van der Waals surface area contributed by atoms with E-state index >= 15 is 0 Å². The number of pyridine rings is 1. The predicted octanol–water partition coefficient (Wildman–Crippen LogP) is 2.10. The van der Waals surface area contributed by atoms with Crippen molar-refractivity contribution in [3.63, 3.8) is 0 Å². The van der Waals surface area contributed by atoms with Crippen LogP contribution in [0.15, 0.2) is 16.5 Å². The van der Waals surface area contributed by atoms with E-state index < -0.39 is 0 Å². The number of carbonyl (C=O) groups excluding carboxylic acids is 1. The minimum Gasteiger partial charge on any atom is -0.422 e. The highest BCUT2D eigenvalue weighted by Crippen LogP contribution is 2.25. The van der Waals surface area contributed by atoms with Crippen LogP contribution in [-0.4, -0.2) is 57.2 Å². The van der Waals surface area contributed by atoms with Crippen LogP contribution in [0.4, 0.5) is 6.01 Å². The van der Waals surface area contributed by atoms with Gasteiger partial charge >= 0.3 is 0 Å². The van der Waals surface area contributed by atoms with Crippen molar-refractivity contribution >= 4 is 23.2 Å². The van der Waals surface area contributed by atoms with E-state index in [0.717, 1.165) is 36.2 Å². The minimum absolute atomic E-state index is 0.0314. The monoisotopic (exact) mass is 366 g/mol. The van der Waals surface area contributed by atoms with Crippen molar-refractivity contribution in [1.29, 1.82) is 0 Å². The molecule has 0 bridgehead atoms. The van der Waals surface area contributed by atoms with Crippen LogP contribution in [0.2, 0.25) is 0 Å². The smallest absolute Gasteiger partial charge is 0.300 e. The van der Waals surface area contributed by atoms with Gasteiger partial charge in [0.05, 0.1) is 0 Å². The molecule has 27 heavy (non-hydrogen) atoms. The zero-order valence-corrected chi connectivity index (χ0v) is 15.4. The number of anilines is 1. The molecule has 8 heteroatoms. The summed E-state index contributed by atoms with van der Waals surface area (Å²) in [4.78, 5) is 25.8. The van der Waals surface area contributed by atoms with Crippen molar-refractivity contribution in [2.24, 2.45) is 0 Å². The van der Waals surface area contributed by atoms with Crippen molar-refractivity contribution in [2.45, 2.75) is 32.6 Å². The molecule has 2 aliphatic rings. The van der Waals surface area contributed by atoms with E-state index in [9.17, 15) is 4.79 Å². The molecular weight excluding hydrogens is 344 g/mol. The quantitative estimate of drug-likeness (QED) is 0.747. The summed E-state index contributed by atoms with van der Waals surface area (Å²) in [5.41, 5.74) is 5.11. The number of aryl methyl sites for hydroxylation is 2. The molecule has 5 rings (SSSR count). The molecule has 1 N–H and O–H groups in total. The molecule has 0 saturated carbocycles. The second kappa shape index (κ2) is 6.37. The number of H-pyrrole nitrogens is 1. The van der Waals surface area contributed by atoms with Gasteiger partial charge < -0.3 is 14.2 Å². The topological polar surface area (TPSA) is 91.2 Å². The first kappa shape index (κ1) is 16.3. The van der Waals surface area contributed by atoms with E-state index in [0.29, 0.717) is 49.1 Å². The van der Waals surface area contributed by atoms with Crippen molar-refractivity contribution in [3.8, 4) is 0 Å². The molecule has 140 valence electrons. The zero-order chi connectivity index (χ0) is 18.4. The molecule has 1 aliphatic heterocycles. The second-order valence-electron chi connectivity index (χ2n) is 7.29. The number of fused-ring (bicyclic) bond motifs is 2. The molecule has 0 atom stereocenters. The molecule has 1 aliphatic carbocycles. The van der Waals surface area contributed by atoms with Crippen LogP contribution in [-0.2, 0) is 12.8 Å². The zero-order valence-electron chi connectivity index (χ0n) is 15.4. The number of nitrogens with zero attached hydrogens (tertiary/aromatic N) is 5. The lowest BCUT2D eigenvalue weighted by atomic mass is 9.95. The van der Waals surface area contributed by atoms with Crippen LogP contribution >= 0.6 is 0 Å². The third-order valence-corrected chi connectivity index (χ3v) is 5.48. The molecule has 0 aromatic carbocycles. The van der Waals surface area contributed by atoms with Gasteiger partial charge in [-0.25, -0.2) is 4.98 Å². The molecule has 3 aromatic rings. The fourth-order valence-electron chi connectivity index (χ4n) is 3.95. The number of nitrogens with one attached hydrogen (secondary N) is 1. The minimum atomic E-state index is 0.0314. The van der Waals surface area contributed by atoms with Crippen LogP contribution in [0.3, 0.4) is 0 Å². The van der Waals surface area contributed by atoms with Crippen molar-refractivity contribution in [3.05, 3.63) is 34.8 Å². The number of rotatable bonds is 2.